The first-order valence-electron chi connectivity index (χ1n) is 6.44. The summed E-state index contributed by atoms with van der Waals surface area (Å²) in [5.74, 6) is -0.640. The van der Waals surface area contributed by atoms with Gasteiger partial charge in [-0.05, 0) is 25.0 Å². The van der Waals surface area contributed by atoms with E-state index >= 15 is 0 Å². The number of nitrogens with two attached hydrogens (primary N) is 2. The number of para-hydroxylation sites is 1. The zero-order valence-corrected chi connectivity index (χ0v) is 11.0. The van der Waals surface area contributed by atoms with Gasteiger partial charge in [-0.25, -0.2) is 0 Å². The lowest BCUT2D eigenvalue weighted by atomic mass is 9.87. The fourth-order valence-corrected chi connectivity index (χ4v) is 2.54. The van der Waals surface area contributed by atoms with Gasteiger partial charge >= 0.3 is 0 Å². The zero-order valence-electron chi connectivity index (χ0n) is 11.0. The predicted octanol–water partition coefficient (Wildman–Crippen LogP) is 1.89. The van der Waals surface area contributed by atoms with E-state index in [1.54, 1.807) is 18.2 Å². The Kier molecular flexibility index (Phi) is 3.46. The summed E-state index contributed by atoms with van der Waals surface area (Å²) in [6, 6.07) is 4.88. The molecule has 0 bridgehead atoms. The summed E-state index contributed by atoms with van der Waals surface area (Å²) in [6.07, 6.45) is 3.91. The summed E-state index contributed by atoms with van der Waals surface area (Å²) in [6.45, 7) is 1.96. The molecule has 0 atom stereocenters. The molecule has 2 rings (SSSR count). The molecule has 5 N–H and O–H groups in total. The average molecular weight is 261 g/mol. The Labute approximate surface area is 112 Å². The smallest absolute Gasteiger partial charge is 0.250 e. The second kappa shape index (κ2) is 4.91. The second-order valence-corrected chi connectivity index (χ2v) is 5.35. The summed E-state index contributed by atoms with van der Waals surface area (Å²) in [5.41, 5.74) is 11.7. The number of nitrogens with one attached hydrogen (secondary N) is 1. The summed E-state index contributed by atoms with van der Waals surface area (Å²) in [7, 11) is 0. The van der Waals surface area contributed by atoms with Gasteiger partial charge < -0.3 is 16.8 Å². The van der Waals surface area contributed by atoms with Crippen LogP contribution in [0.5, 0.6) is 0 Å². The van der Waals surface area contributed by atoms with Gasteiger partial charge in [0.1, 0.15) is 0 Å². The number of hydrogen-bond donors (Lipinski definition) is 3. The largest absolute Gasteiger partial charge is 0.396 e. The molecule has 1 saturated carbocycles. The van der Waals surface area contributed by atoms with E-state index in [0.717, 1.165) is 25.7 Å². The Morgan fingerprint density at radius 1 is 1.26 bits per heavy atom. The van der Waals surface area contributed by atoms with Crippen molar-refractivity contribution >= 4 is 23.2 Å². The highest BCUT2D eigenvalue weighted by molar-refractivity contribution is 6.04. The van der Waals surface area contributed by atoms with Crippen molar-refractivity contribution in [2.75, 3.05) is 11.1 Å². The van der Waals surface area contributed by atoms with Crippen LogP contribution < -0.4 is 16.8 Å². The van der Waals surface area contributed by atoms with E-state index in [2.05, 4.69) is 5.32 Å². The SMILES string of the molecule is CC1(C(=O)Nc2cccc(C(N)=O)c2N)CCCC1. The van der Waals surface area contributed by atoms with Gasteiger partial charge in [0, 0.05) is 5.41 Å². The molecule has 0 spiro atoms. The lowest BCUT2D eigenvalue weighted by Gasteiger charge is -2.23. The molecule has 1 aromatic carbocycles. The van der Waals surface area contributed by atoms with Crippen LogP contribution in [0, 0.1) is 5.41 Å². The summed E-state index contributed by atoms with van der Waals surface area (Å²) in [4.78, 5) is 23.5. The molecule has 1 aromatic rings. The Hall–Kier alpha value is -2.04. The molecule has 0 aromatic heterocycles. The van der Waals surface area contributed by atoms with E-state index in [-0.39, 0.29) is 22.6 Å². The van der Waals surface area contributed by atoms with E-state index in [0.29, 0.717) is 5.69 Å². The summed E-state index contributed by atoms with van der Waals surface area (Å²) >= 11 is 0. The summed E-state index contributed by atoms with van der Waals surface area (Å²) < 4.78 is 0. The quantitative estimate of drug-likeness (QED) is 0.724. The van der Waals surface area contributed by atoms with Gasteiger partial charge in [0.05, 0.1) is 16.9 Å². The topological polar surface area (TPSA) is 98.2 Å². The molecule has 1 aliphatic carbocycles. The standard InChI is InChI=1S/C14H19N3O2/c1-14(7-2-3-8-14)13(19)17-10-6-4-5-9(11(10)15)12(16)18/h4-6H,2-3,7-8,15H2,1H3,(H2,16,18)(H,17,19). The molecule has 2 amide bonds. The molecule has 0 saturated heterocycles. The van der Waals surface area contributed by atoms with Crippen LogP contribution in [0.2, 0.25) is 0 Å². The number of carbonyl (C=O) groups excluding carboxylic acids is 2. The number of carbonyl (C=O) groups is 2. The van der Waals surface area contributed by atoms with Crippen LogP contribution in [0.25, 0.3) is 0 Å². The van der Waals surface area contributed by atoms with Crippen molar-refractivity contribution in [3.8, 4) is 0 Å². The molecule has 0 heterocycles. The maximum atomic E-state index is 12.3. The lowest BCUT2D eigenvalue weighted by molar-refractivity contribution is -0.124. The van der Waals surface area contributed by atoms with E-state index in [1.807, 2.05) is 6.92 Å². The molecule has 102 valence electrons. The van der Waals surface area contributed by atoms with Crippen molar-refractivity contribution in [2.24, 2.45) is 11.1 Å². The van der Waals surface area contributed by atoms with Gasteiger partial charge in [0.25, 0.3) is 5.91 Å². The van der Waals surface area contributed by atoms with E-state index in [9.17, 15) is 9.59 Å². The van der Waals surface area contributed by atoms with E-state index in [1.165, 1.54) is 0 Å². The number of rotatable bonds is 3. The Morgan fingerprint density at radius 3 is 2.47 bits per heavy atom. The minimum Gasteiger partial charge on any atom is -0.396 e. The van der Waals surface area contributed by atoms with Crippen LogP contribution in [-0.4, -0.2) is 11.8 Å². The molecule has 19 heavy (non-hydrogen) atoms. The molecule has 1 fully saturated rings. The molecule has 0 unspecified atom stereocenters. The molecule has 5 heteroatoms. The molecule has 0 aliphatic heterocycles. The van der Waals surface area contributed by atoms with Crippen LogP contribution in [0.15, 0.2) is 18.2 Å². The maximum absolute atomic E-state index is 12.3. The maximum Gasteiger partial charge on any atom is 0.250 e. The Bertz CT molecular complexity index is 519. The van der Waals surface area contributed by atoms with Crippen molar-refractivity contribution in [1.29, 1.82) is 0 Å². The highest BCUT2D eigenvalue weighted by Crippen LogP contribution is 2.39. The third-order valence-corrected chi connectivity index (χ3v) is 3.88. The average Bonchev–Trinajstić information content (AvgIpc) is 2.80. The number of anilines is 2. The first-order chi connectivity index (χ1) is 8.94. The number of amides is 2. The highest BCUT2D eigenvalue weighted by Gasteiger charge is 2.36. The monoisotopic (exact) mass is 261 g/mol. The van der Waals surface area contributed by atoms with E-state index < -0.39 is 5.91 Å². The van der Waals surface area contributed by atoms with Gasteiger partial charge in [0.15, 0.2) is 0 Å². The minimum atomic E-state index is -0.597. The zero-order chi connectivity index (χ0) is 14.0. The normalized spacial score (nSPS) is 17.1. The van der Waals surface area contributed by atoms with Crippen LogP contribution in [-0.2, 0) is 4.79 Å². The molecular formula is C14H19N3O2. The Balaban J connectivity index is 2.22. The first-order valence-corrected chi connectivity index (χ1v) is 6.44. The van der Waals surface area contributed by atoms with Crippen LogP contribution in [0.4, 0.5) is 11.4 Å². The number of benzene rings is 1. The predicted molar refractivity (Wildman–Crippen MR) is 74.6 cm³/mol. The van der Waals surface area contributed by atoms with Crippen LogP contribution >= 0.6 is 0 Å². The van der Waals surface area contributed by atoms with Crippen molar-refractivity contribution in [3.63, 3.8) is 0 Å². The van der Waals surface area contributed by atoms with Crippen LogP contribution in [0.3, 0.4) is 0 Å². The van der Waals surface area contributed by atoms with Gasteiger partial charge in [-0.15, -0.1) is 0 Å². The number of primary amides is 1. The highest BCUT2D eigenvalue weighted by atomic mass is 16.2. The van der Waals surface area contributed by atoms with Crippen molar-refractivity contribution in [2.45, 2.75) is 32.6 Å². The van der Waals surface area contributed by atoms with Crippen molar-refractivity contribution in [3.05, 3.63) is 23.8 Å². The minimum absolute atomic E-state index is 0.0432. The van der Waals surface area contributed by atoms with Gasteiger partial charge in [-0.2, -0.15) is 0 Å². The van der Waals surface area contributed by atoms with Gasteiger partial charge in [0.2, 0.25) is 5.91 Å². The fourth-order valence-electron chi connectivity index (χ4n) is 2.54. The Morgan fingerprint density at radius 2 is 1.89 bits per heavy atom. The lowest BCUT2D eigenvalue weighted by Crippen LogP contribution is -2.31. The first kappa shape index (κ1) is 13.4. The second-order valence-electron chi connectivity index (χ2n) is 5.35. The summed E-state index contributed by atoms with van der Waals surface area (Å²) in [5, 5.41) is 2.82. The number of hydrogen-bond acceptors (Lipinski definition) is 3. The molecule has 1 aliphatic rings. The van der Waals surface area contributed by atoms with Crippen LogP contribution in [0.1, 0.15) is 43.0 Å². The van der Waals surface area contributed by atoms with E-state index in [4.69, 9.17) is 11.5 Å². The molecule has 0 radical (unpaired) electrons. The van der Waals surface area contributed by atoms with Gasteiger partial charge in [-0.3, -0.25) is 9.59 Å². The van der Waals surface area contributed by atoms with Crippen molar-refractivity contribution < 1.29 is 9.59 Å². The third-order valence-electron chi connectivity index (χ3n) is 3.88. The fraction of sp³-hybridized carbons (Fsp3) is 0.429. The van der Waals surface area contributed by atoms with Crippen molar-refractivity contribution in [1.82, 2.24) is 0 Å². The molecule has 5 nitrogen and oxygen atoms in total. The third kappa shape index (κ3) is 2.54. The van der Waals surface area contributed by atoms with Gasteiger partial charge in [-0.1, -0.05) is 25.8 Å². The molecular weight excluding hydrogens is 242 g/mol. The number of nitrogen functional groups attached to an aromatic ring is 1.